The van der Waals surface area contributed by atoms with Gasteiger partial charge in [0.1, 0.15) is 12.6 Å². The summed E-state index contributed by atoms with van der Waals surface area (Å²) in [5.41, 5.74) is 1.27. The number of fused-ring (bicyclic) bond motifs is 1. The van der Waals surface area contributed by atoms with E-state index in [0.29, 0.717) is 24.9 Å². The number of carbonyl (C=O) groups is 3. The second kappa shape index (κ2) is 8.78. The Bertz CT molecular complexity index is 1080. The molecule has 4 rings (SSSR count). The number of amides is 3. The van der Waals surface area contributed by atoms with Crippen LogP contribution in [0.3, 0.4) is 0 Å². The Morgan fingerprint density at radius 1 is 0.933 bits per heavy atom. The molecular weight excluding hydrogens is 380 g/mol. The summed E-state index contributed by atoms with van der Waals surface area (Å²) in [5, 5.41) is 4.37. The Hall–Kier alpha value is -3.67. The largest absolute Gasteiger partial charge is 0.445 e. The molecule has 6 nitrogen and oxygen atoms in total. The van der Waals surface area contributed by atoms with Gasteiger partial charge in [-0.05, 0) is 41.3 Å². The van der Waals surface area contributed by atoms with Crippen molar-refractivity contribution in [3.63, 3.8) is 0 Å². The fourth-order valence-corrected chi connectivity index (χ4v) is 3.66. The topological polar surface area (TPSA) is 75.7 Å². The van der Waals surface area contributed by atoms with Gasteiger partial charge in [0.15, 0.2) is 0 Å². The van der Waals surface area contributed by atoms with Crippen molar-refractivity contribution in [1.29, 1.82) is 0 Å². The van der Waals surface area contributed by atoms with Crippen LogP contribution in [0.15, 0.2) is 72.8 Å². The lowest BCUT2D eigenvalue weighted by atomic mass is 10.1. The fourth-order valence-electron chi connectivity index (χ4n) is 3.66. The monoisotopic (exact) mass is 402 g/mol. The van der Waals surface area contributed by atoms with E-state index in [1.54, 1.807) is 12.1 Å². The predicted octanol–water partition coefficient (Wildman–Crippen LogP) is 3.90. The molecular formula is C24H22N2O4. The van der Waals surface area contributed by atoms with E-state index in [0.717, 1.165) is 16.3 Å². The molecule has 3 aromatic rings. The molecule has 0 aromatic heterocycles. The van der Waals surface area contributed by atoms with Gasteiger partial charge in [-0.3, -0.25) is 19.8 Å². The normalized spacial score (nSPS) is 15.7. The first-order valence-corrected chi connectivity index (χ1v) is 9.93. The van der Waals surface area contributed by atoms with Gasteiger partial charge in [0, 0.05) is 12.1 Å². The number of ether oxygens (including phenoxy) is 1. The van der Waals surface area contributed by atoms with E-state index in [9.17, 15) is 14.4 Å². The van der Waals surface area contributed by atoms with Crippen LogP contribution in [0, 0.1) is 0 Å². The summed E-state index contributed by atoms with van der Waals surface area (Å²) < 4.78 is 5.35. The van der Waals surface area contributed by atoms with E-state index >= 15 is 0 Å². The highest BCUT2D eigenvalue weighted by Gasteiger charge is 2.35. The fraction of sp³-hybridized carbons (Fsp3) is 0.208. The Balaban J connectivity index is 1.38. The maximum atomic E-state index is 12.7. The van der Waals surface area contributed by atoms with Crippen molar-refractivity contribution >= 4 is 28.7 Å². The zero-order chi connectivity index (χ0) is 20.9. The van der Waals surface area contributed by atoms with E-state index in [-0.39, 0.29) is 6.61 Å². The first-order valence-electron chi connectivity index (χ1n) is 9.93. The molecule has 1 fully saturated rings. The maximum Gasteiger partial charge on any atom is 0.410 e. The number of imide groups is 1. The summed E-state index contributed by atoms with van der Waals surface area (Å²) in [6, 6.07) is 21.6. The molecule has 1 aliphatic rings. The lowest BCUT2D eigenvalue weighted by Crippen LogP contribution is -2.47. The molecule has 3 aromatic carbocycles. The SMILES string of the molecule is O=C(NC(=O)[C@@H]1CCCN1C(=O)OCc1ccccc1)c1ccc2ccccc2c1. The minimum absolute atomic E-state index is 0.139. The molecule has 0 bridgehead atoms. The summed E-state index contributed by atoms with van der Waals surface area (Å²) in [7, 11) is 0. The quantitative estimate of drug-likeness (QED) is 0.672. The summed E-state index contributed by atoms with van der Waals surface area (Å²) >= 11 is 0. The van der Waals surface area contributed by atoms with Crippen molar-refractivity contribution in [2.24, 2.45) is 0 Å². The highest BCUT2D eigenvalue weighted by Crippen LogP contribution is 2.20. The minimum Gasteiger partial charge on any atom is -0.445 e. The molecule has 1 heterocycles. The summed E-state index contributed by atoms with van der Waals surface area (Å²) in [6.45, 7) is 0.566. The molecule has 30 heavy (non-hydrogen) atoms. The van der Waals surface area contributed by atoms with Gasteiger partial charge in [0.05, 0.1) is 0 Å². The molecule has 1 N–H and O–H groups in total. The number of nitrogens with zero attached hydrogens (tertiary/aromatic N) is 1. The van der Waals surface area contributed by atoms with Crippen molar-refractivity contribution in [1.82, 2.24) is 10.2 Å². The van der Waals surface area contributed by atoms with Gasteiger partial charge in [-0.2, -0.15) is 0 Å². The van der Waals surface area contributed by atoms with Gasteiger partial charge in [-0.15, -0.1) is 0 Å². The zero-order valence-corrected chi connectivity index (χ0v) is 16.4. The van der Waals surface area contributed by atoms with Crippen molar-refractivity contribution < 1.29 is 19.1 Å². The number of hydrogen-bond donors (Lipinski definition) is 1. The predicted molar refractivity (Wildman–Crippen MR) is 113 cm³/mol. The molecule has 3 amide bonds. The smallest absolute Gasteiger partial charge is 0.410 e. The zero-order valence-electron chi connectivity index (χ0n) is 16.4. The Labute approximate surface area is 174 Å². The van der Waals surface area contributed by atoms with Gasteiger partial charge in [0.2, 0.25) is 5.91 Å². The molecule has 0 unspecified atom stereocenters. The number of rotatable bonds is 4. The van der Waals surface area contributed by atoms with E-state index in [1.807, 2.05) is 60.7 Å². The highest BCUT2D eigenvalue weighted by atomic mass is 16.6. The lowest BCUT2D eigenvalue weighted by Gasteiger charge is -2.23. The number of nitrogens with one attached hydrogen (secondary N) is 1. The number of carbonyl (C=O) groups excluding carboxylic acids is 3. The molecule has 1 saturated heterocycles. The van der Waals surface area contributed by atoms with Crippen molar-refractivity contribution in [3.8, 4) is 0 Å². The third kappa shape index (κ3) is 4.33. The maximum absolute atomic E-state index is 12.7. The standard InChI is InChI=1S/C24H22N2O4/c27-22(20-13-12-18-9-4-5-10-19(18)15-20)25-23(28)21-11-6-14-26(21)24(29)30-16-17-7-2-1-3-8-17/h1-5,7-10,12-13,15,21H,6,11,14,16H2,(H,25,27,28)/t21-/m0/s1. The Kier molecular flexibility index (Phi) is 5.75. The van der Waals surface area contributed by atoms with Crippen LogP contribution in [0.1, 0.15) is 28.8 Å². The average Bonchev–Trinajstić information content (AvgIpc) is 3.28. The van der Waals surface area contributed by atoms with Crippen LogP contribution in [0.2, 0.25) is 0 Å². The second-order valence-corrected chi connectivity index (χ2v) is 7.27. The van der Waals surface area contributed by atoms with Crippen molar-refractivity contribution in [3.05, 3.63) is 83.9 Å². The average molecular weight is 402 g/mol. The van der Waals surface area contributed by atoms with Gasteiger partial charge in [0.25, 0.3) is 5.91 Å². The molecule has 0 radical (unpaired) electrons. The highest BCUT2D eigenvalue weighted by molar-refractivity contribution is 6.08. The van der Waals surface area contributed by atoms with Crippen molar-refractivity contribution in [2.75, 3.05) is 6.54 Å². The first-order chi connectivity index (χ1) is 14.6. The summed E-state index contributed by atoms with van der Waals surface area (Å²) in [5.74, 6) is -0.961. The van der Waals surface area contributed by atoms with Crippen LogP contribution in [-0.2, 0) is 16.1 Å². The second-order valence-electron chi connectivity index (χ2n) is 7.27. The van der Waals surface area contributed by atoms with Gasteiger partial charge < -0.3 is 4.74 Å². The van der Waals surface area contributed by atoms with Crippen LogP contribution in [-0.4, -0.2) is 35.4 Å². The van der Waals surface area contributed by atoms with Crippen molar-refractivity contribution in [2.45, 2.75) is 25.5 Å². The van der Waals surface area contributed by atoms with E-state index in [4.69, 9.17) is 4.74 Å². The van der Waals surface area contributed by atoms with E-state index in [1.165, 1.54) is 4.90 Å². The van der Waals surface area contributed by atoms with Crippen LogP contribution >= 0.6 is 0 Å². The van der Waals surface area contributed by atoms with Gasteiger partial charge >= 0.3 is 6.09 Å². The Morgan fingerprint density at radius 2 is 1.67 bits per heavy atom. The molecule has 6 heteroatoms. The molecule has 0 aliphatic carbocycles. The number of benzene rings is 3. The summed E-state index contributed by atoms with van der Waals surface area (Å²) in [4.78, 5) is 39.1. The number of likely N-dealkylation sites (tertiary alicyclic amines) is 1. The molecule has 1 aliphatic heterocycles. The first kappa shape index (κ1) is 19.6. The number of hydrogen-bond acceptors (Lipinski definition) is 4. The van der Waals surface area contributed by atoms with Crippen LogP contribution in [0.4, 0.5) is 4.79 Å². The minimum atomic E-state index is -0.710. The van der Waals surface area contributed by atoms with Crippen LogP contribution in [0.25, 0.3) is 10.8 Å². The molecule has 152 valence electrons. The molecule has 0 saturated carbocycles. The van der Waals surface area contributed by atoms with Crippen LogP contribution < -0.4 is 5.32 Å². The molecule has 1 atom stereocenters. The molecule has 0 spiro atoms. The summed E-state index contributed by atoms with van der Waals surface area (Å²) in [6.07, 6.45) is 0.634. The third-order valence-electron chi connectivity index (χ3n) is 5.24. The van der Waals surface area contributed by atoms with Crippen LogP contribution in [0.5, 0.6) is 0 Å². The van der Waals surface area contributed by atoms with E-state index < -0.39 is 23.9 Å². The lowest BCUT2D eigenvalue weighted by molar-refractivity contribution is -0.124. The Morgan fingerprint density at radius 3 is 2.47 bits per heavy atom. The van der Waals surface area contributed by atoms with Gasteiger partial charge in [-0.1, -0.05) is 60.7 Å². The van der Waals surface area contributed by atoms with E-state index in [2.05, 4.69) is 5.32 Å². The van der Waals surface area contributed by atoms with Gasteiger partial charge in [-0.25, -0.2) is 4.79 Å². The third-order valence-corrected chi connectivity index (χ3v) is 5.24.